The van der Waals surface area contributed by atoms with Crippen molar-refractivity contribution in [1.29, 1.82) is 0 Å². The first kappa shape index (κ1) is 24.3. The van der Waals surface area contributed by atoms with Crippen molar-refractivity contribution in [2.45, 2.75) is 64.2 Å². The predicted octanol–water partition coefficient (Wildman–Crippen LogP) is 7.09. The molecular weight excluding hydrogens is 427 g/mol. The molecule has 0 radical (unpaired) electrons. The van der Waals surface area contributed by atoms with E-state index in [4.69, 9.17) is 9.47 Å². The molecule has 176 valence electrons. The second-order valence-corrected chi connectivity index (χ2v) is 8.22. The minimum Gasteiger partial charge on any atom is -0.491 e. The van der Waals surface area contributed by atoms with Gasteiger partial charge in [0, 0.05) is 0 Å². The van der Waals surface area contributed by atoms with E-state index in [1.807, 2.05) is 13.0 Å². The van der Waals surface area contributed by atoms with Crippen LogP contribution in [0.5, 0.6) is 11.5 Å². The summed E-state index contributed by atoms with van der Waals surface area (Å²) in [6.07, 6.45) is -1.04. The average molecular weight is 456 g/mol. The molecule has 1 aliphatic carbocycles. The lowest BCUT2D eigenvalue weighted by atomic mass is 9.76. The summed E-state index contributed by atoms with van der Waals surface area (Å²) in [6, 6.07) is 7.55. The van der Waals surface area contributed by atoms with Gasteiger partial charge >= 0.3 is 0 Å². The molecule has 1 saturated carbocycles. The predicted molar refractivity (Wildman–Crippen MR) is 113 cm³/mol. The Bertz CT molecular complexity index is 896. The zero-order valence-electron chi connectivity index (χ0n) is 18.4. The molecule has 1 fully saturated rings. The largest absolute Gasteiger partial charge is 0.491 e. The summed E-state index contributed by atoms with van der Waals surface area (Å²) in [4.78, 5) is 0. The molecule has 2 aromatic carbocycles. The van der Waals surface area contributed by atoms with E-state index < -0.39 is 42.3 Å². The third-order valence-electron chi connectivity index (χ3n) is 6.19. The van der Waals surface area contributed by atoms with Gasteiger partial charge in [-0.05, 0) is 80.2 Å². The van der Waals surface area contributed by atoms with E-state index in [-0.39, 0.29) is 24.1 Å². The maximum Gasteiger partial charge on any atom is 0.204 e. The molecule has 0 amide bonds. The van der Waals surface area contributed by atoms with Crippen LogP contribution >= 0.6 is 0 Å². The van der Waals surface area contributed by atoms with Crippen molar-refractivity contribution in [3.63, 3.8) is 0 Å². The first-order chi connectivity index (χ1) is 15.3. The molecular formula is C25H29F5O2. The van der Waals surface area contributed by atoms with Crippen molar-refractivity contribution in [3.05, 3.63) is 58.9 Å². The van der Waals surface area contributed by atoms with Gasteiger partial charge in [0.25, 0.3) is 0 Å². The third kappa shape index (κ3) is 5.54. The second-order valence-electron chi connectivity index (χ2n) is 8.22. The summed E-state index contributed by atoms with van der Waals surface area (Å²) in [5.74, 6) is -4.06. The van der Waals surface area contributed by atoms with Crippen LogP contribution < -0.4 is 9.47 Å². The van der Waals surface area contributed by atoms with Gasteiger partial charge in [0.2, 0.25) is 11.6 Å². The monoisotopic (exact) mass is 456 g/mol. The van der Waals surface area contributed by atoms with Crippen LogP contribution in [-0.2, 0) is 6.42 Å². The number of rotatable bonds is 9. The number of hydrogen-bond donors (Lipinski definition) is 0. The van der Waals surface area contributed by atoms with E-state index >= 15 is 0 Å². The number of hydrogen-bond acceptors (Lipinski definition) is 2. The SMILES string of the molecule is CCOc1ccc(OCC(F)C(F)C2CCC(c3ccc(CC)cc3F)CC2)c(F)c1F. The molecule has 0 bridgehead atoms. The molecule has 3 rings (SSSR count). The van der Waals surface area contributed by atoms with Crippen LogP contribution in [-0.4, -0.2) is 25.6 Å². The highest BCUT2D eigenvalue weighted by Crippen LogP contribution is 2.40. The van der Waals surface area contributed by atoms with Gasteiger partial charge in [-0.1, -0.05) is 19.1 Å². The minimum atomic E-state index is -1.98. The topological polar surface area (TPSA) is 18.5 Å². The van der Waals surface area contributed by atoms with E-state index in [0.29, 0.717) is 31.2 Å². The molecule has 2 nitrogen and oxygen atoms in total. The van der Waals surface area contributed by atoms with Gasteiger partial charge < -0.3 is 9.47 Å². The van der Waals surface area contributed by atoms with Crippen LogP contribution in [0.1, 0.15) is 56.6 Å². The number of aryl methyl sites for hydroxylation is 1. The molecule has 0 aliphatic heterocycles. The fourth-order valence-corrected chi connectivity index (χ4v) is 4.32. The van der Waals surface area contributed by atoms with Gasteiger partial charge in [0.05, 0.1) is 6.61 Å². The Labute approximate surface area is 185 Å². The highest BCUT2D eigenvalue weighted by Gasteiger charge is 2.34. The van der Waals surface area contributed by atoms with Gasteiger partial charge in [-0.2, -0.15) is 8.78 Å². The fraction of sp³-hybridized carbons (Fsp3) is 0.520. The molecule has 2 unspecified atom stereocenters. The van der Waals surface area contributed by atoms with Crippen molar-refractivity contribution in [1.82, 2.24) is 0 Å². The Kier molecular flexibility index (Phi) is 8.38. The van der Waals surface area contributed by atoms with Crippen molar-refractivity contribution in [3.8, 4) is 11.5 Å². The van der Waals surface area contributed by atoms with Gasteiger partial charge in [0.15, 0.2) is 17.7 Å². The number of ether oxygens (including phenoxy) is 2. The van der Waals surface area contributed by atoms with E-state index in [1.165, 1.54) is 12.1 Å². The Morgan fingerprint density at radius 2 is 1.50 bits per heavy atom. The molecule has 1 aliphatic rings. The van der Waals surface area contributed by atoms with Crippen molar-refractivity contribution >= 4 is 0 Å². The van der Waals surface area contributed by atoms with Crippen LogP contribution in [0.15, 0.2) is 30.3 Å². The lowest BCUT2D eigenvalue weighted by molar-refractivity contribution is 0.0528. The number of alkyl halides is 2. The minimum absolute atomic E-state index is 0.0143. The molecule has 0 aromatic heterocycles. The summed E-state index contributed by atoms with van der Waals surface area (Å²) in [5, 5.41) is 0. The maximum absolute atomic E-state index is 14.7. The quantitative estimate of drug-likeness (QED) is 0.375. The molecule has 0 spiro atoms. The van der Waals surface area contributed by atoms with E-state index in [2.05, 4.69) is 0 Å². The van der Waals surface area contributed by atoms with E-state index in [9.17, 15) is 22.0 Å². The van der Waals surface area contributed by atoms with Gasteiger partial charge in [0.1, 0.15) is 18.6 Å². The van der Waals surface area contributed by atoms with E-state index in [0.717, 1.165) is 18.1 Å². The molecule has 7 heteroatoms. The summed E-state index contributed by atoms with van der Waals surface area (Å²) in [7, 11) is 0. The zero-order valence-corrected chi connectivity index (χ0v) is 18.4. The number of halogens is 5. The van der Waals surface area contributed by atoms with Gasteiger partial charge in [-0.3, -0.25) is 0 Å². The van der Waals surface area contributed by atoms with Crippen LogP contribution in [0.25, 0.3) is 0 Å². The summed E-state index contributed by atoms with van der Waals surface area (Å²) in [6.45, 7) is 3.02. The Balaban J connectivity index is 1.53. The van der Waals surface area contributed by atoms with Crippen molar-refractivity contribution in [2.75, 3.05) is 13.2 Å². The lowest BCUT2D eigenvalue weighted by Crippen LogP contribution is -2.33. The van der Waals surface area contributed by atoms with Crippen molar-refractivity contribution < 1.29 is 31.4 Å². The summed E-state index contributed by atoms with van der Waals surface area (Å²) in [5.41, 5.74) is 1.55. The van der Waals surface area contributed by atoms with Crippen LogP contribution in [0.4, 0.5) is 22.0 Å². The average Bonchev–Trinajstić information content (AvgIpc) is 2.81. The van der Waals surface area contributed by atoms with Crippen LogP contribution in [0.3, 0.4) is 0 Å². The lowest BCUT2D eigenvalue weighted by Gasteiger charge is -2.32. The highest BCUT2D eigenvalue weighted by molar-refractivity contribution is 5.35. The maximum atomic E-state index is 14.7. The second kappa shape index (κ2) is 11.0. The summed E-state index contributed by atoms with van der Waals surface area (Å²) >= 11 is 0. The van der Waals surface area contributed by atoms with Gasteiger partial charge in [-0.15, -0.1) is 0 Å². The Hall–Kier alpha value is -2.31. The molecule has 32 heavy (non-hydrogen) atoms. The Morgan fingerprint density at radius 3 is 2.06 bits per heavy atom. The molecule has 2 atom stereocenters. The highest BCUT2D eigenvalue weighted by atomic mass is 19.2. The first-order valence-corrected chi connectivity index (χ1v) is 11.2. The molecule has 0 saturated heterocycles. The third-order valence-corrected chi connectivity index (χ3v) is 6.19. The standard InChI is InChI=1S/C25H29F5O2/c1-3-15-5-10-18(19(26)13-15)16-6-8-17(9-7-16)23(28)20(27)14-32-22-12-11-21(31-4-2)24(29)25(22)30/h5,10-13,16-17,20,23H,3-4,6-9,14H2,1-2H3. The zero-order chi connectivity index (χ0) is 23.3. The molecule has 0 N–H and O–H groups in total. The van der Waals surface area contributed by atoms with Crippen LogP contribution in [0, 0.1) is 23.4 Å². The van der Waals surface area contributed by atoms with Crippen LogP contribution in [0.2, 0.25) is 0 Å². The smallest absolute Gasteiger partial charge is 0.204 e. The molecule has 0 heterocycles. The fourth-order valence-electron chi connectivity index (χ4n) is 4.32. The normalized spacial score (nSPS) is 20.6. The first-order valence-electron chi connectivity index (χ1n) is 11.2. The van der Waals surface area contributed by atoms with E-state index in [1.54, 1.807) is 13.0 Å². The molecule has 2 aromatic rings. The van der Waals surface area contributed by atoms with Gasteiger partial charge in [-0.25, -0.2) is 13.2 Å². The number of benzene rings is 2. The summed E-state index contributed by atoms with van der Waals surface area (Å²) < 4.78 is 81.5. The van der Waals surface area contributed by atoms with Crippen molar-refractivity contribution in [2.24, 2.45) is 5.92 Å². The Morgan fingerprint density at radius 1 is 0.875 bits per heavy atom.